The minimum Gasteiger partial charge on any atom is -0.490 e. The molecule has 5 nitrogen and oxygen atoms in total. The van der Waals surface area contributed by atoms with Crippen molar-refractivity contribution < 1.29 is 18.7 Å². The van der Waals surface area contributed by atoms with Gasteiger partial charge in [0.2, 0.25) is 0 Å². The number of benzene rings is 3. The topological polar surface area (TPSA) is 71.3 Å². The number of halogens is 3. The van der Waals surface area contributed by atoms with Crippen molar-refractivity contribution in [3.05, 3.63) is 92.7 Å². The number of hydrogen-bond donors (Lipinski definition) is 1. The molecule has 0 aliphatic rings. The van der Waals surface area contributed by atoms with Crippen molar-refractivity contribution in [3.8, 4) is 17.6 Å². The molecule has 0 aliphatic heterocycles. The number of ether oxygens (including phenoxy) is 2. The van der Waals surface area contributed by atoms with Gasteiger partial charge in [-0.05, 0) is 76.5 Å². The maximum Gasteiger partial charge on any atom is 0.266 e. The number of carbonyl (C=O) groups is 1. The molecule has 0 spiro atoms. The highest BCUT2D eigenvalue weighted by atomic mass is 79.9. The molecular weight excluding hydrogens is 511 g/mol. The van der Waals surface area contributed by atoms with Crippen LogP contribution >= 0.6 is 27.5 Å². The van der Waals surface area contributed by atoms with Gasteiger partial charge in [0, 0.05) is 5.02 Å². The van der Waals surface area contributed by atoms with E-state index in [1.165, 1.54) is 24.3 Å². The van der Waals surface area contributed by atoms with Crippen LogP contribution in [0.15, 0.2) is 70.7 Å². The van der Waals surface area contributed by atoms with Crippen LogP contribution in [-0.4, -0.2) is 12.5 Å². The first-order valence-electron chi connectivity index (χ1n) is 9.92. The summed E-state index contributed by atoms with van der Waals surface area (Å²) in [6, 6.07) is 18.2. The van der Waals surface area contributed by atoms with E-state index in [9.17, 15) is 14.4 Å². The Morgan fingerprint density at radius 2 is 1.91 bits per heavy atom. The van der Waals surface area contributed by atoms with Crippen LogP contribution in [0.5, 0.6) is 11.5 Å². The van der Waals surface area contributed by atoms with Gasteiger partial charge in [-0.2, -0.15) is 5.26 Å². The molecule has 0 bridgehead atoms. The monoisotopic (exact) mass is 528 g/mol. The fourth-order valence-corrected chi connectivity index (χ4v) is 3.58. The van der Waals surface area contributed by atoms with Crippen LogP contribution in [0.2, 0.25) is 5.02 Å². The van der Waals surface area contributed by atoms with Gasteiger partial charge in [-0.25, -0.2) is 4.39 Å². The van der Waals surface area contributed by atoms with E-state index in [1.807, 2.05) is 25.1 Å². The molecule has 1 N–H and O–H groups in total. The van der Waals surface area contributed by atoms with Crippen molar-refractivity contribution in [1.29, 1.82) is 5.26 Å². The fourth-order valence-electron chi connectivity index (χ4n) is 2.88. The van der Waals surface area contributed by atoms with E-state index in [4.69, 9.17) is 21.1 Å². The summed E-state index contributed by atoms with van der Waals surface area (Å²) in [5.41, 5.74) is 1.26. The van der Waals surface area contributed by atoms with Crippen LogP contribution in [0, 0.1) is 17.1 Å². The average Bonchev–Trinajstić information content (AvgIpc) is 2.79. The van der Waals surface area contributed by atoms with Crippen LogP contribution in [0.4, 0.5) is 10.1 Å². The Morgan fingerprint density at radius 3 is 2.58 bits per heavy atom. The number of nitriles is 1. The quantitative estimate of drug-likeness (QED) is 0.258. The molecule has 0 heterocycles. The predicted molar refractivity (Wildman–Crippen MR) is 130 cm³/mol. The van der Waals surface area contributed by atoms with Crippen LogP contribution < -0.4 is 14.8 Å². The zero-order valence-corrected chi connectivity index (χ0v) is 19.9. The summed E-state index contributed by atoms with van der Waals surface area (Å²) in [5, 5.41) is 12.5. The van der Waals surface area contributed by atoms with Gasteiger partial charge in [0.15, 0.2) is 11.5 Å². The Hall–Kier alpha value is -3.34. The third-order valence-electron chi connectivity index (χ3n) is 4.43. The molecule has 168 valence electrons. The van der Waals surface area contributed by atoms with E-state index in [2.05, 4.69) is 21.2 Å². The number of para-hydroxylation sites is 1. The van der Waals surface area contributed by atoms with E-state index < -0.39 is 11.7 Å². The Bertz CT molecular complexity index is 1220. The highest BCUT2D eigenvalue weighted by Gasteiger charge is 2.15. The lowest BCUT2D eigenvalue weighted by Gasteiger charge is -2.15. The van der Waals surface area contributed by atoms with Gasteiger partial charge in [0.1, 0.15) is 24.1 Å². The summed E-state index contributed by atoms with van der Waals surface area (Å²) in [5.74, 6) is -0.386. The van der Waals surface area contributed by atoms with E-state index in [-0.39, 0.29) is 11.3 Å². The van der Waals surface area contributed by atoms with Gasteiger partial charge >= 0.3 is 0 Å². The normalized spacial score (nSPS) is 10.9. The van der Waals surface area contributed by atoms with E-state index in [0.29, 0.717) is 39.8 Å². The van der Waals surface area contributed by atoms with Gasteiger partial charge in [-0.15, -0.1) is 0 Å². The molecule has 1 amide bonds. The first kappa shape index (κ1) is 24.3. The summed E-state index contributed by atoms with van der Waals surface area (Å²) < 4.78 is 26.1. The summed E-state index contributed by atoms with van der Waals surface area (Å²) >= 11 is 9.40. The molecule has 0 radical (unpaired) electrons. The molecule has 0 unspecified atom stereocenters. The molecule has 33 heavy (non-hydrogen) atoms. The second-order valence-corrected chi connectivity index (χ2v) is 8.07. The summed E-state index contributed by atoms with van der Waals surface area (Å²) in [6.45, 7) is 2.51. The van der Waals surface area contributed by atoms with Gasteiger partial charge in [-0.1, -0.05) is 35.9 Å². The lowest BCUT2D eigenvalue weighted by atomic mass is 10.1. The lowest BCUT2D eigenvalue weighted by Crippen LogP contribution is -2.14. The Balaban J connectivity index is 1.85. The third-order valence-corrected chi connectivity index (χ3v) is 5.27. The number of anilines is 1. The van der Waals surface area contributed by atoms with Gasteiger partial charge in [0.05, 0.1) is 16.8 Å². The van der Waals surface area contributed by atoms with Crippen molar-refractivity contribution >= 4 is 45.2 Å². The number of rotatable bonds is 8. The van der Waals surface area contributed by atoms with E-state index in [1.54, 1.807) is 30.3 Å². The van der Waals surface area contributed by atoms with Crippen molar-refractivity contribution in [2.24, 2.45) is 0 Å². The van der Waals surface area contributed by atoms with Crippen molar-refractivity contribution in [2.45, 2.75) is 13.5 Å². The standard InChI is InChI=1S/C25H19BrClFN2O3/c1-2-32-23-13-17(11-18(14-29)25(31)30-22-6-4-3-5-21(22)28)12-20(26)24(23)33-15-16-7-9-19(27)10-8-16/h3-13H,2,15H2,1H3,(H,30,31)/b18-11-. The Kier molecular flexibility index (Phi) is 8.47. The average molecular weight is 530 g/mol. The maximum absolute atomic E-state index is 13.8. The summed E-state index contributed by atoms with van der Waals surface area (Å²) in [6.07, 6.45) is 1.40. The molecule has 0 atom stereocenters. The number of carbonyl (C=O) groups excluding carboxylic acids is 1. The van der Waals surface area contributed by atoms with E-state index in [0.717, 1.165) is 5.56 Å². The molecule has 3 aromatic carbocycles. The van der Waals surface area contributed by atoms with Crippen LogP contribution in [0.3, 0.4) is 0 Å². The molecule has 0 fully saturated rings. The molecule has 0 aliphatic carbocycles. The highest BCUT2D eigenvalue weighted by Crippen LogP contribution is 2.38. The van der Waals surface area contributed by atoms with Crippen LogP contribution in [0.1, 0.15) is 18.1 Å². The van der Waals surface area contributed by atoms with Crippen molar-refractivity contribution in [1.82, 2.24) is 0 Å². The molecule has 0 saturated carbocycles. The van der Waals surface area contributed by atoms with Crippen molar-refractivity contribution in [2.75, 3.05) is 11.9 Å². The second kappa shape index (κ2) is 11.5. The Labute approximate surface area is 204 Å². The summed E-state index contributed by atoms with van der Waals surface area (Å²) in [7, 11) is 0. The van der Waals surface area contributed by atoms with E-state index >= 15 is 0 Å². The molecule has 3 aromatic rings. The fraction of sp³-hybridized carbons (Fsp3) is 0.120. The van der Waals surface area contributed by atoms with Crippen molar-refractivity contribution in [3.63, 3.8) is 0 Å². The number of nitrogens with zero attached hydrogens (tertiary/aromatic N) is 1. The first-order valence-corrected chi connectivity index (χ1v) is 11.1. The third kappa shape index (κ3) is 6.58. The van der Waals surface area contributed by atoms with Gasteiger partial charge in [0.25, 0.3) is 5.91 Å². The zero-order valence-electron chi connectivity index (χ0n) is 17.6. The second-order valence-electron chi connectivity index (χ2n) is 6.78. The number of nitrogens with one attached hydrogen (secondary N) is 1. The Morgan fingerprint density at radius 1 is 1.18 bits per heavy atom. The highest BCUT2D eigenvalue weighted by molar-refractivity contribution is 9.10. The maximum atomic E-state index is 13.8. The molecular formula is C25H19BrClFN2O3. The predicted octanol–water partition coefficient (Wildman–Crippen LogP) is 6.76. The molecule has 0 saturated heterocycles. The number of amides is 1. The van der Waals surface area contributed by atoms with Gasteiger partial charge in [-0.3, -0.25) is 4.79 Å². The van der Waals surface area contributed by atoms with Gasteiger partial charge < -0.3 is 14.8 Å². The van der Waals surface area contributed by atoms with Crippen LogP contribution in [0.25, 0.3) is 6.08 Å². The minimum atomic E-state index is -0.722. The SMILES string of the molecule is CCOc1cc(/C=C(/C#N)C(=O)Nc2ccccc2F)cc(Br)c1OCc1ccc(Cl)cc1. The van der Waals surface area contributed by atoms with Crippen LogP contribution in [-0.2, 0) is 11.4 Å². The molecule has 8 heteroatoms. The minimum absolute atomic E-state index is 0.00853. The first-order chi connectivity index (χ1) is 15.9. The number of hydrogen-bond acceptors (Lipinski definition) is 4. The lowest BCUT2D eigenvalue weighted by molar-refractivity contribution is -0.112. The molecule has 0 aromatic heterocycles. The summed E-state index contributed by atoms with van der Waals surface area (Å²) in [4.78, 5) is 12.5. The smallest absolute Gasteiger partial charge is 0.266 e. The molecule has 3 rings (SSSR count). The largest absolute Gasteiger partial charge is 0.490 e. The zero-order chi connectivity index (χ0) is 23.8.